The first-order chi connectivity index (χ1) is 16.5. The molecule has 1 atom stereocenters. The Morgan fingerprint density at radius 3 is 2.21 bits per heavy atom. The number of nitrogens with zero attached hydrogens (tertiary/aromatic N) is 3. The molecular formula is C28H37N3O3. The van der Waals surface area contributed by atoms with E-state index in [9.17, 15) is 14.7 Å². The van der Waals surface area contributed by atoms with Crippen molar-refractivity contribution >= 4 is 17.4 Å². The van der Waals surface area contributed by atoms with Crippen molar-refractivity contribution in [1.29, 1.82) is 0 Å². The number of amides is 1. The molecule has 34 heavy (non-hydrogen) atoms. The molecule has 1 aliphatic heterocycles. The number of aliphatic hydroxyl groups is 1. The molecule has 1 unspecified atom stereocenters. The van der Waals surface area contributed by atoms with Gasteiger partial charge in [-0.2, -0.15) is 0 Å². The second kappa shape index (κ2) is 12.5. The number of hydrogen-bond acceptors (Lipinski definition) is 5. The van der Waals surface area contributed by atoms with Crippen LogP contribution in [0.5, 0.6) is 0 Å². The summed E-state index contributed by atoms with van der Waals surface area (Å²) in [7, 11) is 0. The molecule has 3 rings (SSSR count). The van der Waals surface area contributed by atoms with Gasteiger partial charge in [0.05, 0.1) is 11.3 Å². The fourth-order valence-corrected chi connectivity index (χ4v) is 4.39. The zero-order chi connectivity index (χ0) is 24.5. The highest BCUT2D eigenvalue weighted by Crippen LogP contribution is 2.38. The summed E-state index contributed by atoms with van der Waals surface area (Å²) >= 11 is 0. The SMILES string of the molecule is CCCCN(CCCC)CCCN1C(=O)C(=O)C(=C(O)c2ccc(C)cc2)C1c1ccccn1. The summed E-state index contributed by atoms with van der Waals surface area (Å²) in [5, 5.41) is 11.1. The Balaban J connectivity index is 1.87. The first-order valence-corrected chi connectivity index (χ1v) is 12.5. The number of likely N-dealkylation sites (tertiary alicyclic amines) is 1. The topological polar surface area (TPSA) is 73.7 Å². The van der Waals surface area contributed by atoms with Crippen LogP contribution in [0.3, 0.4) is 0 Å². The predicted octanol–water partition coefficient (Wildman–Crippen LogP) is 5.10. The highest BCUT2D eigenvalue weighted by atomic mass is 16.3. The maximum absolute atomic E-state index is 13.1. The zero-order valence-corrected chi connectivity index (χ0v) is 20.7. The summed E-state index contributed by atoms with van der Waals surface area (Å²) in [5.74, 6) is -1.37. The molecule has 6 nitrogen and oxygen atoms in total. The van der Waals surface area contributed by atoms with Gasteiger partial charge in [-0.3, -0.25) is 14.6 Å². The number of carbonyl (C=O) groups excluding carboxylic acids is 2. The third-order valence-corrected chi connectivity index (χ3v) is 6.36. The number of ketones is 1. The highest BCUT2D eigenvalue weighted by molar-refractivity contribution is 6.46. The van der Waals surface area contributed by atoms with Gasteiger partial charge in [0.1, 0.15) is 11.8 Å². The number of benzene rings is 1. The summed E-state index contributed by atoms with van der Waals surface area (Å²) in [4.78, 5) is 34.7. The summed E-state index contributed by atoms with van der Waals surface area (Å²) < 4.78 is 0. The van der Waals surface area contributed by atoms with Crippen molar-refractivity contribution in [3.05, 3.63) is 71.1 Å². The second-order valence-corrected chi connectivity index (χ2v) is 9.02. The van der Waals surface area contributed by atoms with Crippen molar-refractivity contribution in [2.24, 2.45) is 0 Å². The first-order valence-electron chi connectivity index (χ1n) is 12.5. The molecule has 1 aromatic heterocycles. The van der Waals surface area contributed by atoms with Crippen LogP contribution in [0.1, 0.15) is 68.8 Å². The summed E-state index contributed by atoms with van der Waals surface area (Å²) in [6.07, 6.45) is 7.01. The number of aromatic nitrogens is 1. The molecule has 0 radical (unpaired) electrons. The molecule has 1 aromatic carbocycles. The van der Waals surface area contributed by atoms with E-state index in [0.29, 0.717) is 17.8 Å². The molecule has 2 aromatic rings. The van der Waals surface area contributed by atoms with Crippen LogP contribution >= 0.6 is 0 Å². The lowest BCUT2D eigenvalue weighted by Gasteiger charge is -2.27. The largest absolute Gasteiger partial charge is 0.507 e. The molecule has 6 heteroatoms. The van der Waals surface area contributed by atoms with Gasteiger partial charge in [-0.15, -0.1) is 0 Å². The molecule has 182 valence electrons. The zero-order valence-electron chi connectivity index (χ0n) is 20.7. The van der Waals surface area contributed by atoms with Gasteiger partial charge in [-0.05, 0) is 58.0 Å². The molecule has 2 heterocycles. The normalized spacial score (nSPS) is 17.6. The fourth-order valence-electron chi connectivity index (χ4n) is 4.39. The minimum atomic E-state index is -0.692. The Bertz CT molecular complexity index is 978. The lowest BCUT2D eigenvalue weighted by Crippen LogP contribution is -2.34. The van der Waals surface area contributed by atoms with Crippen LogP contribution in [0, 0.1) is 6.92 Å². The molecule has 0 aliphatic carbocycles. The Labute approximate surface area is 203 Å². The van der Waals surface area contributed by atoms with Crippen LogP contribution in [0.4, 0.5) is 0 Å². The molecular weight excluding hydrogens is 426 g/mol. The van der Waals surface area contributed by atoms with E-state index >= 15 is 0 Å². The van der Waals surface area contributed by atoms with Gasteiger partial charge in [-0.25, -0.2) is 0 Å². The van der Waals surface area contributed by atoms with Crippen LogP contribution in [0.15, 0.2) is 54.2 Å². The molecule has 1 amide bonds. The second-order valence-electron chi connectivity index (χ2n) is 9.02. The highest BCUT2D eigenvalue weighted by Gasteiger charge is 2.46. The Morgan fingerprint density at radius 1 is 0.971 bits per heavy atom. The first kappa shape index (κ1) is 25.6. The van der Waals surface area contributed by atoms with E-state index < -0.39 is 17.7 Å². The van der Waals surface area contributed by atoms with Crippen molar-refractivity contribution < 1.29 is 14.7 Å². The van der Waals surface area contributed by atoms with Crippen molar-refractivity contribution in [3.8, 4) is 0 Å². The maximum atomic E-state index is 13.1. The Kier molecular flexibility index (Phi) is 9.40. The Morgan fingerprint density at radius 2 is 1.62 bits per heavy atom. The molecule has 0 spiro atoms. The van der Waals surface area contributed by atoms with E-state index in [1.165, 1.54) is 0 Å². The van der Waals surface area contributed by atoms with Crippen molar-refractivity contribution in [1.82, 2.24) is 14.8 Å². The number of aliphatic hydroxyl groups excluding tert-OH is 1. The van der Waals surface area contributed by atoms with Crippen molar-refractivity contribution in [2.45, 2.75) is 58.9 Å². The minimum absolute atomic E-state index is 0.112. The fraction of sp³-hybridized carbons (Fsp3) is 0.464. The number of carbonyl (C=O) groups is 2. The third-order valence-electron chi connectivity index (χ3n) is 6.36. The summed E-state index contributed by atoms with van der Waals surface area (Å²) in [6, 6.07) is 12.0. The quantitative estimate of drug-likeness (QED) is 0.269. The van der Waals surface area contributed by atoms with Crippen molar-refractivity contribution in [2.75, 3.05) is 26.2 Å². The van der Waals surface area contributed by atoms with Gasteiger partial charge in [0.25, 0.3) is 11.7 Å². The molecule has 0 saturated carbocycles. The van der Waals surface area contributed by atoms with Crippen LogP contribution in [0.2, 0.25) is 0 Å². The molecule has 1 aliphatic rings. The lowest BCUT2D eigenvalue weighted by atomic mass is 9.98. The molecule has 1 saturated heterocycles. The monoisotopic (exact) mass is 463 g/mol. The lowest BCUT2D eigenvalue weighted by molar-refractivity contribution is -0.140. The standard InChI is InChI=1S/C28H37N3O3/c1-4-6-17-30(18-7-5-2)19-10-20-31-25(23-11-8-9-16-29-23)24(27(33)28(31)34)26(32)22-14-12-21(3)13-15-22/h8-9,11-16,25,32H,4-7,10,17-20H2,1-3H3. The number of Topliss-reactive ketones (excluding diaryl/α,β-unsaturated/α-hetero) is 1. The van der Waals surface area contributed by atoms with Crippen LogP contribution in [0.25, 0.3) is 5.76 Å². The van der Waals surface area contributed by atoms with Crippen LogP contribution in [-0.2, 0) is 9.59 Å². The van der Waals surface area contributed by atoms with Crippen LogP contribution in [-0.4, -0.2) is 57.8 Å². The van der Waals surface area contributed by atoms with Gasteiger partial charge >= 0.3 is 0 Å². The van der Waals surface area contributed by atoms with Gasteiger partial charge in [-0.1, -0.05) is 62.6 Å². The average Bonchev–Trinajstić information content (AvgIpc) is 3.11. The molecule has 0 bridgehead atoms. The summed E-state index contributed by atoms with van der Waals surface area (Å²) in [6.45, 7) is 9.75. The van der Waals surface area contributed by atoms with E-state index in [-0.39, 0.29) is 11.3 Å². The predicted molar refractivity (Wildman–Crippen MR) is 135 cm³/mol. The smallest absolute Gasteiger partial charge is 0.295 e. The van der Waals surface area contributed by atoms with Gasteiger partial charge in [0.15, 0.2) is 0 Å². The number of aryl methyl sites for hydroxylation is 1. The average molecular weight is 464 g/mol. The third kappa shape index (κ3) is 6.11. The maximum Gasteiger partial charge on any atom is 0.295 e. The molecule has 1 N–H and O–H groups in total. The van der Waals surface area contributed by atoms with E-state index in [1.54, 1.807) is 35.4 Å². The minimum Gasteiger partial charge on any atom is -0.507 e. The Hall–Kier alpha value is -2.99. The van der Waals surface area contributed by atoms with Crippen LogP contribution < -0.4 is 0 Å². The molecule has 1 fully saturated rings. The van der Waals surface area contributed by atoms with Gasteiger partial charge in [0.2, 0.25) is 0 Å². The van der Waals surface area contributed by atoms with E-state index in [4.69, 9.17) is 0 Å². The van der Waals surface area contributed by atoms with Crippen molar-refractivity contribution in [3.63, 3.8) is 0 Å². The van der Waals surface area contributed by atoms with E-state index in [0.717, 1.165) is 57.3 Å². The number of rotatable bonds is 12. The number of pyridine rings is 1. The van der Waals surface area contributed by atoms with Gasteiger partial charge in [0, 0.05) is 18.3 Å². The number of hydrogen-bond donors (Lipinski definition) is 1. The summed E-state index contributed by atoms with van der Waals surface area (Å²) in [5.41, 5.74) is 2.27. The number of unbranched alkanes of at least 4 members (excludes halogenated alkanes) is 2. The van der Waals surface area contributed by atoms with E-state index in [1.807, 2.05) is 25.1 Å². The van der Waals surface area contributed by atoms with E-state index in [2.05, 4.69) is 23.7 Å². The van der Waals surface area contributed by atoms with Gasteiger partial charge < -0.3 is 14.9 Å².